The monoisotopic (exact) mass is 313 g/mol. The van der Waals surface area contributed by atoms with Gasteiger partial charge >= 0.3 is 0 Å². The van der Waals surface area contributed by atoms with Crippen molar-refractivity contribution in [1.82, 2.24) is 15.1 Å². The Labute approximate surface area is 112 Å². The maximum atomic E-state index is 11.9. The van der Waals surface area contributed by atoms with Gasteiger partial charge in [0.05, 0.1) is 18.3 Å². The molecule has 1 N–H and O–H groups in total. The van der Waals surface area contributed by atoms with Crippen molar-refractivity contribution in [2.75, 3.05) is 0 Å². The lowest BCUT2D eigenvalue weighted by Gasteiger charge is -2.03. The number of thiophene rings is 1. The van der Waals surface area contributed by atoms with Crippen molar-refractivity contribution in [2.24, 2.45) is 7.05 Å². The topological polar surface area (TPSA) is 46.9 Å². The molecule has 0 aliphatic rings. The van der Waals surface area contributed by atoms with E-state index in [1.807, 2.05) is 25.4 Å². The summed E-state index contributed by atoms with van der Waals surface area (Å²) in [6, 6.07) is 1.97. The first kappa shape index (κ1) is 12.3. The van der Waals surface area contributed by atoms with Gasteiger partial charge in [-0.1, -0.05) is 0 Å². The van der Waals surface area contributed by atoms with E-state index >= 15 is 0 Å². The average Bonchev–Trinajstić information content (AvgIpc) is 2.84. The fourth-order valence-corrected chi connectivity index (χ4v) is 2.86. The summed E-state index contributed by atoms with van der Waals surface area (Å²) in [7, 11) is 1.82. The molecule has 0 aromatic carbocycles. The molecule has 0 saturated carbocycles. The van der Waals surface area contributed by atoms with Crippen LogP contribution in [-0.2, 0) is 13.6 Å². The summed E-state index contributed by atoms with van der Waals surface area (Å²) in [5, 5.41) is 8.92. The molecule has 2 aromatic heterocycles. The number of carbonyl (C=O) groups excluding carboxylic acids is 1. The van der Waals surface area contributed by atoms with Crippen molar-refractivity contribution in [3.05, 3.63) is 38.3 Å². The Bertz CT molecular complexity index is 547. The molecule has 2 rings (SSSR count). The van der Waals surface area contributed by atoms with Crippen LogP contribution < -0.4 is 5.32 Å². The summed E-state index contributed by atoms with van der Waals surface area (Å²) in [6.07, 6.45) is 1.59. The second-order valence-corrected chi connectivity index (χ2v) is 5.50. The van der Waals surface area contributed by atoms with Crippen LogP contribution in [0.5, 0.6) is 0 Å². The van der Waals surface area contributed by atoms with Crippen molar-refractivity contribution >= 4 is 33.2 Å². The summed E-state index contributed by atoms with van der Waals surface area (Å²) in [5.41, 5.74) is 1.49. The molecule has 0 unspecified atom stereocenters. The van der Waals surface area contributed by atoms with Crippen LogP contribution in [0, 0.1) is 6.92 Å². The van der Waals surface area contributed by atoms with Gasteiger partial charge in [-0.3, -0.25) is 9.48 Å². The minimum absolute atomic E-state index is 0.0871. The second-order valence-electron chi connectivity index (χ2n) is 3.64. The summed E-state index contributed by atoms with van der Waals surface area (Å²) in [6.45, 7) is 2.41. The molecule has 17 heavy (non-hydrogen) atoms. The molecule has 0 radical (unpaired) electrons. The lowest BCUT2D eigenvalue weighted by atomic mass is 10.2. The van der Waals surface area contributed by atoms with Gasteiger partial charge in [0.2, 0.25) is 0 Å². The van der Waals surface area contributed by atoms with Gasteiger partial charge in [-0.15, -0.1) is 11.3 Å². The van der Waals surface area contributed by atoms with Crippen molar-refractivity contribution in [1.29, 1.82) is 0 Å². The molecule has 0 aliphatic heterocycles. The molecular formula is C11H12BrN3OS. The van der Waals surface area contributed by atoms with Crippen LogP contribution in [-0.4, -0.2) is 15.7 Å². The molecule has 1 amide bonds. The van der Waals surface area contributed by atoms with E-state index in [2.05, 4.69) is 26.3 Å². The van der Waals surface area contributed by atoms with Crippen LogP contribution in [0.25, 0.3) is 0 Å². The number of nitrogens with one attached hydrogen (secondary N) is 1. The van der Waals surface area contributed by atoms with Crippen LogP contribution in [0.15, 0.2) is 22.1 Å². The van der Waals surface area contributed by atoms with Gasteiger partial charge < -0.3 is 5.32 Å². The van der Waals surface area contributed by atoms with Crippen LogP contribution in [0.1, 0.15) is 20.9 Å². The maximum Gasteiger partial charge on any atom is 0.255 e. The molecule has 90 valence electrons. The van der Waals surface area contributed by atoms with Crippen LogP contribution in [0.4, 0.5) is 0 Å². The molecule has 4 nitrogen and oxygen atoms in total. The number of hydrogen-bond acceptors (Lipinski definition) is 3. The molecule has 6 heteroatoms. The van der Waals surface area contributed by atoms with E-state index in [0.29, 0.717) is 12.1 Å². The summed E-state index contributed by atoms with van der Waals surface area (Å²) < 4.78 is 2.72. The van der Waals surface area contributed by atoms with Gasteiger partial charge in [-0.25, -0.2) is 0 Å². The molecule has 2 heterocycles. The lowest BCUT2D eigenvalue weighted by Crippen LogP contribution is -2.23. The highest BCUT2D eigenvalue weighted by molar-refractivity contribution is 9.10. The highest BCUT2D eigenvalue weighted by Gasteiger charge is 2.12. The zero-order chi connectivity index (χ0) is 12.4. The molecule has 0 spiro atoms. The van der Waals surface area contributed by atoms with E-state index in [1.165, 1.54) is 0 Å². The third-order valence-corrected chi connectivity index (χ3v) is 4.51. The predicted octanol–water partition coefficient (Wildman–Crippen LogP) is 2.48. The smallest absolute Gasteiger partial charge is 0.255 e. The maximum absolute atomic E-state index is 11.9. The Hall–Kier alpha value is -1.14. The summed E-state index contributed by atoms with van der Waals surface area (Å²) in [5.74, 6) is -0.0871. The lowest BCUT2D eigenvalue weighted by molar-refractivity contribution is 0.0950. The van der Waals surface area contributed by atoms with E-state index in [4.69, 9.17) is 0 Å². The molecule has 2 aromatic rings. The van der Waals surface area contributed by atoms with Crippen molar-refractivity contribution in [3.8, 4) is 0 Å². The van der Waals surface area contributed by atoms with E-state index in [9.17, 15) is 4.79 Å². The third-order valence-electron chi connectivity index (χ3n) is 2.58. The number of carbonyl (C=O) groups is 1. The Morgan fingerprint density at radius 1 is 1.65 bits per heavy atom. The van der Waals surface area contributed by atoms with E-state index in [0.717, 1.165) is 15.0 Å². The Kier molecular flexibility index (Phi) is 3.63. The van der Waals surface area contributed by atoms with E-state index in [1.54, 1.807) is 22.2 Å². The first-order valence-electron chi connectivity index (χ1n) is 5.08. The van der Waals surface area contributed by atoms with Crippen molar-refractivity contribution in [2.45, 2.75) is 13.5 Å². The first-order chi connectivity index (χ1) is 8.09. The highest BCUT2D eigenvalue weighted by atomic mass is 79.9. The number of rotatable bonds is 3. The van der Waals surface area contributed by atoms with Gasteiger partial charge in [0.15, 0.2) is 0 Å². The molecule has 0 atom stereocenters. The number of amides is 1. The average molecular weight is 314 g/mol. The minimum atomic E-state index is -0.0871. The van der Waals surface area contributed by atoms with Crippen molar-refractivity contribution < 1.29 is 4.79 Å². The van der Waals surface area contributed by atoms with E-state index < -0.39 is 0 Å². The number of aryl methyl sites for hydroxylation is 1. The fourth-order valence-electron chi connectivity index (χ4n) is 1.43. The van der Waals surface area contributed by atoms with Gasteiger partial charge in [0, 0.05) is 22.1 Å². The molecular weight excluding hydrogens is 302 g/mol. The normalized spacial score (nSPS) is 10.5. The number of nitrogens with zero attached hydrogens (tertiary/aromatic N) is 2. The highest BCUT2D eigenvalue weighted by Crippen LogP contribution is 2.22. The van der Waals surface area contributed by atoms with Gasteiger partial charge in [-0.05, 0) is 34.3 Å². The quantitative estimate of drug-likeness (QED) is 0.946. The zero-order valence-corrected chi connectivity index (χ0v) is 11.9. The van der Waals surface area contributed by atoms with Gasteiger partial charge in [0.25, 0.3) is 5.91 Å². The summed E-state index contributed by atoms with van der Waals surface area (Å²) >= 11 is 5.05. The number of hydrogen-bond donors (Lipinski definition) is 1. The zero-order valence-electron chi connectivity index (χ0n) is 9.53. The number of aromatic nitrogens is 2. The standard InChI is InChI=1S/C11H12BrN3OS/c1-7-8(5-14-15(7)2)11(16)13-6-10-9(12)3-4-17-10/h3-5H,6H2,1-2H3,(H,13,16). The van der Waals surface area contributed by atoms with Crippen molar-refractivity contribution in [3.63, 3.8) is 0 Å². The Morgan fingerprint density at radius 3 is 2.94 bits per heavy atom. The van der Waals surface area contributed by atoms with Crippen LogP contribution in [0.2, 0.25) is 0 Å². The third kappa shape index (κ3) is 2.58. The fraction of sp³-hybridized carbons (Fsp3) is 0.273. The number of halogens is 1. The van der Waals surface area contributed by atoms with Crippen LogP contribution >= 0.6 is 27.3 Å². The van der Waals surface area contributed by atoms with E-state index in [-0.39, 0.29) is 5.91 Å². The van der Waals surface area contributed by atoms with Crippen LogP contribution in [0.3, 0.4) is 0 Å². The minimum Gasteiger partial charge on any atom is -0.347 e. The SMILES string of the molecule is Cc1c(C(=O)NCc2sccc2Br)cnn1C. The summed E-state index contributed by atoms with van der Waals surface area (Å²) in [4.78, 5) is 13.0. The Morgan fingerprint density at radius 2 is 2.41 bits per heavy atom. The molecule has 0 bridgehead atoms. The van der Waals surface area contributed by atoms with Gasteiger partial charge in [0.1, 0.15) is 0 Å². The Balaban J connectivity index is 2.03. The molecule has 0 fully saturated rings. The molecule has 0 saturated heterocycles. The molecule has 0 aliphatic carbocycles. The largest absolute Gasteiger partial charge is 0.347 e. The van der Waals surface area contributed by atoms with Gasteiger partial charge in [-0.2, -0.15) is 5.10 Å². The second kappa shape index (κ2) is 5.01. The predicted molar refractivity (Wildman–Crippen MR) is 71.1 cm³/mol. The first-order valence-corrected chi connectivity index (χ1v) is 6.75.